The van der Waals surface area contributed by atoms with Gasteiger partial charge in [0, 0.05) is 35.9 Å². The number of aromatic nitrogens is 2. The Labute approximate surface area is 130 Å². The third-order valence-corrected chi connectivity index (χ3v) is 3.77. The third-order valence-electron chi connectivity index (χ3n) is 3.77. The largest absolute Gasteiger partial charge is 0.497 e. The highest BCUT2D eigenvalue weighted by atomic mass is 16.5. The van der Waals surface area contributed by atoms with Crippen molar-refractivity contribution in [2.75, 3.05) is 19.5 Å². The molecule has 1 N–H and O–H groups in total. The summed E-state index contributed by atoms with van der Waals surface area (Å²) in [6, 6.07) is 7.79. The lowest BCUT2D eigenvalue weighted by molar-refractivity contribution is 0.391. The number of methoxy groups -OCH3 is 2. The van der Waals surface area contributed by atoms with E-state index in [4.69, 9.17) is 9.47 Å². The van der Waals surface area contributed by atoms with Crippen LogP contribution in [0.25, 0.3) is 0 Å². The van der Waals surface area contributed by atoms with Gasteiger partial charge in [0.2, 0.25) is 0 Å². The molecule has 1 fully saturated rings. The fourth-order valence-electron chi connectivity index (χ4n) is 2.39. The van der Waals surface area contributed by atoms with Gasteiger partial charge in [-0.2, -0.15) is 0 Å². The van der Waals surface area contributed by atoms with Gasteiger partial charge < -0.3 is 14.8 Å². The minimum Gasteiger partial charge on any atom is -0.497 e. The first-order valence-corrected chi connectivity index (χ1v) is 7.50. The molecule has 3 rings (SSSR count). The number of nitrogens with zero attached hydrogens (tertiary/aromatic N) is 2. The van der Waals surface area contributed by atoms with Crippen LogP contribution in [0.15, 0.2) is 24.3 Å². The van der Waals surface area contributed by atoms with Crippen LogP contribution in [0.3, 0.4) is 0 Å². The predicted molar refractivity (Wildman–Crippen MR) is 85.6 cm³/mol. The average molecular weight is 299 g/mol. The Morgan fingerprint density at radius 2 is 1.95 bits per heavy atom. The van der Waals surface area contributed by atoms with Crippen molar-refractivity contribution in [2.24, 2.45) is 0 Å². The lowest BCUT2D eigenvalue weighted by atomic mass is 10.2. The zero-order valence-corrected chi connectivity index (χ0v) is 13.2. The maximum absolute atomic E-state index is 5.42. The van der Waals surface area contributed by atoms with Crippen molar-refractivity contribution in [2.45, 2.75) is 32.2 Å². The Morgan fingerprint density at radius 1 is 1.14 bits per heavy atom. The lowest BCUT2D eigenvalue weighted by Crippen LogP contribution is -2.06. The van der Waals surface area contributed by atoms with Crippen molar-refractivity contribution in [1.82, 2.24) is 9.97 Å². The second kappa shape index (κ2) is 6.22. The Balaban J connectivity index is 1.74. The minimum atomic E-state index is 0.552. The molecule has 0 aliphatic heterocycles. The molecule has 0 bridgehead atoms. The first kappa shape index (κ1) is 14.6. The van der Waals surface area contributed by atoms with E-state index in [0.29, 0.717) is 12.5 Å². The minimum absolute atomic E-state index is 0.552. The van der Waals surface area contributed by atoms with E-state index in [1.165, 1.54) is 12.8 Å². The van der Waals surface area contributed by atoms with Crippen molar-refractivity contribution >= 4 is 5.82 Å². The molecule has 0 amide bonds. The van der Waals surface area contributed by atoms with E-state index < -0.39 is 0 Å². The smallest absolute Gasteiger partial charge is 0.134 e. The molecular weight excluding hydrogens is 278 g/mol. The van der Waals surface area contributed by atoms with Crippen molar-refractivity contribution in [3.8, 4) is 11.5 Å². The summed E-state index contributed by atoms with van der Waals surface area (Å²) < 4.78 is 10.6. The van der Waals surface area contributed by atoms with E-state index in [-0.39, 0.29) is 0 Å². The molecule has 1 aromatic heterocycles. The molecular formula is C17H21N3O2. The molecule has 0 radical (unpaired) electrons. The Hall–Kier alpha value is -2.30. The molecule has 0 atom stereocenters. The highest BCUT2D eigenvalue weighted by Gasteiger charge is 2.27. The molecule has 1 aromatic carbocycles. The standard InChI is InChI=1S/C17H21N3O2/c1-11-8-16(20-17(19-11)12-4-5-12)18-10-13-6-7-14(21-2)9-15(13)22-3/h6-9,12H,4-5,10H2,1-3H3,(H,18,19,20). The Morgan fingerprint density at radius 3 is 2.64 bits per heavy atom. The van der Waals surface area contributed by atoms with Crippen LogP contribution < -0.4 is 14.8 Å². The average Bonchev–Trinajstić information content (AvgIpc) is 3.37. The number of benzene rings is 1. The first-order chi connectivity index (χ1) is 10.7. The summed E-state index contributed by atoms with van der Waals surface area (Å²) in [7, 11) is 3.31. The van der Waals surface area contributed by atoms with Crippen LogP contribution in [0, 0.1) is 6.92 Å². The van der Waals surface area contributed by atoms with Crippen molar-refractivity contribution in [1.29, 1.82) is 0 Å². The molecule has 0 unspecified atom stereocenters. The second-order valence-electron chi connectivity index (χ2n) is 5.56. The van der Waals surface area contributed by atoms with E-state index in [0.717, 1.165) is 34.4 Å². The van der Waals surface area contributed by atoms with Crippen molar-refractivity contribution in [3.63, 3.8) is 0 Å². The molecule has 1 heterocycles. The van der Waals surface area contributed by atoms with Crippen molar-refractivity contribution < 1.29 is 9.47 Å². The van der Waals surface area contributed by atoms with Crippen molar-refractivity contribution in [3.05, 3.63) is 41.3 Å². The molecule has 1 saturated carbocycles. The van der Waals surface area contributed by atoms with Gasteiger partial charge in [0.15, 0.2) is 0 Å². The predicted octanol–water partition coefficient (Wildman–Crippen LogP) is 3.29. The van der Waals surface area contributed by atoms with E-state index in [9.17, 15) is 0 Å². The first-order valence-electron chi connectivity index (χ1n) is 7.50. The second-order valence-corrected chi connectivity index (χ2v) is 5.56. The van der Waals surface area contributed by atoms with E-state index in [1.807, 2.05) is 31.2 Å². The van der Waals surface area contributed by atoms with Gasteiger partial charge in [0.1, 0.15) is 23.1 Å². The Bertz CT molecular complexity index is 669. The highest BCUT2D eigenvalue weighted by Crippen LogP contribution is 2.38. The van der Waals surface area contributed by atoms with Crippen LogP contribution in [0.1, 0.15) is 35.8 Å². The quantitative estimate of drug-likeness (QED) is 0.887. The van der Waals surface area contributed by atoms with Gasteiger partial charge in [0.25, 0.3) is 0 Å². The molecule has 2 aromatic rings. The molecule has 1 aliphatic carbocycles. The van der Waals surface area contributed by atoms with Crippen LogP contribution in [0.4, 0.5) is 5.82 Å². The summed E-state index contributed by atoms with van der Waals surface area (Å²) in [5.74, 6) is 3.97. The maximum atomic E-state index is 5.42. The lowest BCUT2D eigenvalue weighted by Gasteiger charge is -2.12. The van der Waals surface area contributed by atoms with Gasteiger partial charge >= 0.3 is 0 Å². The van der Waals surface area contributed by atoms with Crippen LogP contribution in [0.2, 0.25) is 0 Å². The molecule has 5 nitrogen and oxygen atoms in total. The highest BCUT2D eigenvalue weighted by molar-refractivity contribution is 5.44. The number of hydrogen-bond donors (Lipinski definition) is 1. The summed E-state index contributed by atoms with van der Waals surface area (Å²) in [5, 5.41) is 3.37. The third kappa shape index (κ3) is 3.30. The topological polar surface area (TPSA) is 56.3 Å². The molecule has 116 valence electrons. The summed E-state index contributed by atoms with van der Waals surface area (Å²) in [6.45, 7) is 2.65. The van der Waals surface area contributed by atoms with Crippen LogP contribution in [-0.2, 0) is 6.54 Å². The number of aryl methyl sites for hydroxylation is 1. The van der Waals surface area contributed by atoms with Crippen LogP contribution in [-0.4, -0.2) is 24.2 Å². The zero-order chi connectivity index (χ0) is 15.5. The maximum Gasteiger partial charge on any atom is 0.134 e. The van der Waals surface area contributed by atoms with Crippen LogP contribution in [0.5, 0.6) is 11.5 Å². The normalized spacial score (nSPS) is 13.8. The fourth-order valence-corrected chi connectivity index (χ4v) is 2.39. The van der Waals surface area contributed by atoms with E-state index in [1.54, 1.807) is 14.2 Å². The zero-order valence-electron chi connectivity index (χ0n) is 13.2. The molecule has 0 spiro atoms. The van der Waals surface area contributed by atoms with Gasteiger partial charge in [-0.3, -0.25) is 0 Å². The fraction of sp³-hybridized carbons (Fsp3) is 0.412. The van der Waals surface area contributed by atoms with Gasteiger partial charge in [0.05, 0.1) is 14.2 Å². The molecule has 1 aliphatic rings. The van der Waals surface area contributed by atoms with E-state index in [2.05, 4.69) is 15.3 Å². The van der Waals surface area contributed by atoms with Crippen LogP contribution >= 0.6 is 0 Å². The number of nitrogens with one attached hydrogen (secondary N) is 1. The number of hydrogen-bond acceptors (Lipinski definition) is 5. The monoisotopic (exact) mass is 299 g/mol. The van der Waals surface area contributed by atoms with Gasteiger partial charge in [-0.05, 0) is 31.9 Å². The molecule has 5 heteroatoms. The summed E-state index contributed by atoms with van der Waals surface area (Å²) in [4.78, 5) is 9.13. The Kier molecular flexibility index (Phi) is 4.13. The SMILES string of the molecule is COc1ccc(CNc2cc(C)nc(C3CC3)n2)c(OC)c1. The molecule has 22 heavy (non-hydrogen) atoms. The summed E-state index contributed by atoms with van der Waals surface area (Å²) >= 11 is 0. The summed E-state index contributed by atoms with van der Waals surface area (Å²) in [5.41, 5.74) is 2.06. The van der Waals surface area contributed by atoms with Gasteiger partial charge in [-0.25, -0.2) is 9.97 Å². The number of anilines is 1. The summed E-state index contributed by atoms with van der Waals surface area (Å²) in [6.07, 6.45) is 2.41. The van der Waals surface area contributed by atoms with Gasteiger partial charge in [-0.15, -0.1) is 0 Å². The van der Waals surface area contributed by atoms with E-state index >= 15 is 0 Å². The molecule has 0 saturated heterocycles. The number of ether oxygens (including phenoxy) is 2. The van der Waals surface area contributed by atoms with Gasteiger partial charge in [-0.1, -0.05) is 0 Å². The number of rotatable bonds is 6.